The lowest BCUT2D eigenvalue weighted by Gasteiger charge is -2.21. The second-order valence-electron chi connectivity index (χ2n) is 26.6. The second-order valence-corrected chi connectivity index (χ2v) is 29.5. The van der Waals surface area contributed by atoms with Crippen LogP contribution in [0.15, 0.2) is 0 Å². The molecule has 5 atom stereocenters. The zero-order valence-corrected chi connectivity index (χ0v) is 60.2. The van der Waals surface area contributed by atoms with E-state index < -0.39 is 97.5 Å². The van der Waals surface area contributed by atoms with Crippen molar-refractivity contribution in [3.05, 3.63) is 0 Å². The molecule has 0 aliphatic heterocycles. The SMILES string of the molecule is CCCCCCCCCCCCCCCCCCCCC(=O)O[C@H](COC(=O)CCCCCCCCCCCCCCC(C)C)COP(=O)(O)OC[C@@H](O)COP(=O)(O)OC[C@@H](COC(=O)CCCCCCCCC)OC(=O)CCCCCCCCCC(C)C. The van der Waals surface area contributed by atoms with Crippen LogP contribution in [0.1, 0.15) is 363 Å². The van der Waals surface area contributed by atoms with Crippen molar-refractivity contribution >= 4 is 39.5 Å². The summed E-state index contributed by atoms with van der Waals surface area (Å²) in [5.41, 5.74) is 0. The quantitative estimate of drug-likeness (QED) is 0.0222. The minimum Gasteiger partial charge on any atom is -0.462 e. The van der Waals surface area contributed by atoms with Gasteiger partial charge in [-0.1, -0.05) is 311 Å². The number of esters is 4. The van der Waals surface area contributed by atoms with E-state index in [0.29, 0.717) is 31.6 Å². The van der Waals surface area contributed by atoms with Gasteiger partial charge in [0.1, 0.15) is 19.3 Å². The van der Waals surface area contributed by atoms with Crippen molar-refractivity contribution in [3.63, 3.8) is 0 Å². The average Bonchev–Trinajstić information content (AvgIpc) is 3.64. The number of hydrogen-bond acceptors (Lipinski definition) is 15. The van der Waals surface area contributed by atoms with E-state index in [1.807, 2.05) is 0 Å². The van der Waals surface area contributed by atoms with Crippen LogP contribution in [0.25, 0.3) is 0 Å². The summed E-state index contributed by atoms with van der Waals surface area (Å²) < 4.78 is 68.2. The van der Waals surface area contributed by atoms with Crippen LogP contribution < -0.4 is 0 Å². The first-order chi connectivity index (χ1) is 43.4. The lowest BCUT2D eigenvalue weighted by Crippen LogP contribution is -2.30. The predicted molar refractivity (Wildman–Crippen MR) is 363 cm³/mol. The molecular formula is C71H138O17P2. The Kier molecular flexibility index (Phi) is 61.8. The number of carbonyl (C=O) groups is 4. The maximum absolute atomic E-state index is 13.0. The number of ether oxygens (including phenoxy) is 4. The predicted octanol–water partition coefficient (Wildman–Crippen LogP) is 20.4. The molecule has 0 heterocycles. The summed E-state index contributed by atoms with van der Waals surface area (Å²) in [5.74, 6) is -0.651. The number of hydrogen-bond donors (Lipinski definition) is 3. The molecule has 0 radical (unpaired) electrons. The molecule has 0 amide bonds. The molecule has 0 saturated carbocycles. The zero-order valence-electron chi connectivity index (χ0n) is 58.4. The first-order valence-electron chi connectivity index (χ1n) is 37.0. The third kappa shape index (κ3) is 64.8. The Morgan fingerprint density at radius 2 is 0.511 bits per heavy atom. The molecule has 0 aliphatic carbocycles. The fourth-order valence-electron chi connectivity index (χ4n) is 10.8. The molecule has 0 aromatic heterocycles. The van der Waals surface area contributed by atoms with Crippen LogP contribution in [0, 0.1) is 11.8 Å². The van der Waals surface area contributed by atoms with E-state index in [4.69, 9.17) is 37.0 Å². The van der Waals surface area contributed by atoms with Crippen molar-refractivity contribution in [2.45, 2.75) is 381 Å². The second kappa shape index (κ2) is 63.1. The van der Waals surface area contributed by atoms with Gasteiger partial charge >= 0.3 is 39.5 Å². The molecule has 2 unspecified atom stereocenters. The average molecular weight is 1330 g/mol. The van der Waals surface area contributed by atoms with Crippen molar-refractivity contribution in [2.24, 2.45) is 11.8 Å². The Morgan fingerprint density at radius 1 is 0.300 bits per heavy atom. The Labute approximate surface area is 549 Å². The molecule has 0 aliphatic rings. The van der Waals surface area contributed by atoms with Gasteiger partial charge in [0.05, 0.1) is 26.4 Å². The molecule has 0 saturated heterocycles. The van der Waals surface area contributed by atoms with Gasteiger partial charge < -0.3 is 33.8 Å². The van der Waals surface area contributed by atoms with Crippen LogP contribution in [0.2, 0.25) is 0 Å². The molecule has 19 heteroatoms. The van der Waals surface area contributed by atoms with Crippen molar-refractivity contribution < 1.29 is 80.2 Å². The van der Waals surface area contributed by atoms with Crippen molar-refractivity contribution in [1.29, 1.82) is 0 Å². The van der Waals surface area contributed by atoms with E-state index in [9.17, 15) is 43.2 Å². The van der Waals surface area contributed by atoms with E-state index >= 15 is 0 Å². The van der Waals surface area contributed by atoms with E-state index in [0.717, 1.165) is 109 Å². The van der Waals surface area contributed by atoms with Gasteiger partial charge in [-0.15, -0.1) is 0 Å². The lowest BCUT2D eigenvalue weighted by molar-refractivity contribution is -0.161. The van der Waals surface area contributed by atoms with Crippen LogP contribution in [-0.4, -0.2) is 96.7 Å². The molecule has 0 fully saturated rings. The zero-order chi connectivity index (χ0) is 66.5. The molecule has 534 valence electrons. The summed E-state index contributed by atoms with van der Waals surface area (Å²) in [6.45, 7) is 9.46. The Morgan fingerprint density at radius 3 is 0.756 bits per heavy atom. The van der Waals surface area contributed by atoms with Crippen molar-refractivity contribution in [3.8, 4) is 0 Å². The minimum absolute atomic E-state index is 0.103. The number of carbonyl (C=O) groups excluding carboxylic acids is 4. The Hall–Kier alpha value is -1.94. The number of rotatable bonds is 70. The van der Waals surface area contributed by atoms with E-state index in [1.54, 1.807) is 0 Å². The fourth-order valence-corrected chi connectivity index (χ4v) is 12.3. The summed E-state index contributed by atoms with van der Waals surface area (Å²) in [7, 11) is -9.90. The highest BCUT2D eigenvalue weighted by molar-refractivity contribution is 7.47. The molecule has 0 rings (SSSR count). The number of unbranched alkanes of at least 4 members (excludes halogenated alkanes) is 40. The standard InChI is InChI=1S/C71H138O17P2/c1-7-9-11-13-15-16-17-18-19-20-21-22-23-28-31-37-43-49-55-70(75)87-67(60-82-69(74)54-48-42-36-30-27-25-24-26-29-34-39-45-51-63(3)4)62-86-90(79,80)84-58-65(72)57-83-89(77,78)85-61-66(59-81-68(73)53-47-41-33-14-12-10-8-2)88-71(76)56-50-44-38-32-35-40-46-52-64(5)6/h63-67,72H,7-62H2,1-6H3,(H,77,78)(H,79,80)/t65-,66+,67+/m0/s1. The van der Waals surface area contributed by atoms with Crippen molar-refractivity contribution in [2.75, 3.05) is 39.6 Å². The summed E-state index contributed by atoms with van der Waals surface area (Å²) in [6, 6.07) is 0. The minimum atomic E-state index is -4.95. The summed E-state index contributed by atoms with van der Waals surface area (Å²) in [5, 5.41) is 10.6. The number of aliphatic hydroxyl groups is 1. The molecule has 0 bridgehead atoms. The normalized spacial score (nSPS) is 14.1. The highest BCUT2D eigenvalue weighted by atomic mass is 31.2. The molecule has 3 N–H and O–H groups in total. The summed E-state index contributed by atoms with van der Waals surface area (Å²) >= 11 is 0. The van der Waals surface area contributed by atoms with Crippen LogP contribution in [0.5, 0.6) is 0 Å². The van der Waals surface area contributed by atoms with Crippen LogP contribution in [0.3, 0.4) is 0 Å². The van der Waals surface area contributed by atoms with E-state index in [-0.39, 0.29) is 25.7 Å². The first-order valence-corrected chi connectivity index (χ1v) is 40.0. The van der Waals surface area contributed by atoms with E-state index in [2.05, 4.69) is 41.5 Å². The molecule has 17 nitrogen and oxygen atoms in total. The summed E-state index contributed by atoms with van der Waals surface area (Å²) in [4.78, 5) is 72.4. The molecule has 90 heavy (non-hydrogen) atoms. The third-order valence-electron chi connectivity index (χ3n) is 16.5. The highest BCUT2D eigenvalue weighted by Crippen LogP contribution is 2.45. The molecule has 0 spiro atoms. The third-order valence-corrected chi connectivity index (χ3v) is 18.4. The van der Waals surface area contributed by atoms with Crippen LogP contribution >= 0.6 is 15.6 Å². The van der Waals surface area contributed by atoms with E-state index in [1.165, 1.54) is 167 Å². The van der Waals surface area contributed by atoms with Gasteiger partial charge in [0.2, 0.25) is 0 Å². The highest BCUT2D eigenvalue weighted by Gasteiger charge is 2.30. The van der Waals surface area contributed by atoms with Gasteiger partial charge in [-0.2, -0.15) is 0 Å². The van der Waals surface area contributed by atoms with Crippen molar-refractivity contribution in [1.82, 2.24) is 0 Å². The largest absolute Gasteiger partial charge is 0.472 e. The maximum Gasteiger partial charge on any atom is 0.472 e. The molecular weight excluding hydrogens is 1190 g/mol. The fraction of sp³-hybridized carbons (Fsp3) is 0.944. The van der Waals surface area contributed by atoms with Gasteiger partial charge in [-0.3, -0.25) is 37.3 Å². The first kappa shape index (κ1) is 88.1. The number of phosphoric ester groups is 2. The van der Waals surface area contributed by atoms with Gasteiger partial charge in [-0.25, -0.2) is 9.13 Å². The molecule has 0 aromatic carbocycles. The maximum atomic E-state index is 13.0. The molecule has 0 aromatic rings. The smallest absolute Gasteiger partial charge is 0.462 e. The number of phosphoric acid groups is 2. The van der Waals surface area contributed by atoms with Gasteiger partial charge in [0, 0.05) is 25.7 Å². The van der Waals surface area contributed by atoms with Crippen LogP contribution in [0.4, 0.5) is 0 Å². The lowest BCUT2D eigenvalue weighted by atomic mass is 10.0. The number of aliphatic hydroxyl groups excluding tert-OH is 1. The Bertz CT molecular complexity index is 1750. The monoisotopic (exact) mass is 1320 g/mol. The van der Waals surface area contributed by atoms with Gasteiger partial charge in [0.15, 0.2) is 12.2 Å². The topological polar surface area (TPSA) is 237 Å². The summed E-state index contributed by atoms with van der Waals surface area (Å²) in [6.07, 6.45) is 48.9. The van der Waals surface area contributed by atoms with Gasteiger partial charge in [0.25, 0.3) is 0 Å². The van der Waals surface area contributed by atoms with Crippen LogP contribution in [-0.2, 0) is 65.4 Å². The van der Waals surface area contributed by atoms with Gasteiger partial charge in [-0.05, 0) is 37.5 Å². The Balaban J connectivity index is 5.19.